The lowest BCUT2D eigenvalue weighted by Gasteiger charge is -2.22. The maximum atomic E-state index is 11.7. The molecule has 0 aromatic carbocycles. The first kappa shape index (κ1) is 16.6. The third-order valence-corrected chi connectivity index (χ3v) is 3.92. The van der Waals surface area contributed by atoms with Crippen molar-refractivity contribution in [3.8, 4) is 0 Å². The van der Waals surface area contributed by atoms with Crippen LogP contribution in [0.4, 0.5) is 4.79 Å². The van der Waals surface area contributed by atoms with Crippen LogP contribution in [0.1, 0.15) is 47.0 Å². The summed E-state index contributed by atoms with van der Waals surface area (Å²) in [5.74, 6) is 1.13. The average molecular weight is 288 g/mol. The summed E-state index contributed by atoms with van der Waals surface area (Å²) in [4.78, 5) is 11.7. The lowest BCUT2D eigenvalue weighted by molar-refractivity contribution is 0.0505. The molecule has 0 radical (unpaired) electrons. The SMILES string of the molecule is CSCC(C)NC1CCC(NC(=O)OC(C)(C)C)C1. The Hall–Kier alpha value is -0.420. The van der Waals surface area contributed by atoms with Gasteiger partial charge in [-0.3, -0.25) is 0 Å². The minimum Gasteiger partial charge on any atom is -0.444 e. The second-order valence-electron chi connectivity index (χ2n) is 6.38. The van der Waals surface area contributed by atoms with Gasteiger partial charge in [-0.05, 0) is 53.2 Å². The second kappa shape index (κ2) is 7.39. The van der Waals surface area contributed by atoms with Gasteiger partial charge in [0.05, 0.1) is 0 Å². The molecule has 0 bridgehead atoms. The highest BCUT2D eigenvalue weighted by Crippen LogP contribution is 2.20. The van der Waals surface area contributed by atoms with Crippen molar-refractivity contribution in [2.75, 3.05) is 12.0 Å². The molecule has 1 fully saturated rings. The molecule has 0 aromatic rings. The van der Waals surface area contributed by atoms with Crippen molar-refractivity contribution >= 4 is 17.9 Å². The van der Waals surface area contributed by atoms with E-state index in [0.717, 1.165) is 25.0 Å². The summed E-state index contributed by atoms with van der Waals surface area (Å²) in [5, 5.41) is 6.58. The van der Waals surface area contributed by atoms with Gasteiger partial charge >= 0.3 is 6.09 Å². The molecule has 3 atom stereocenters. The van der Waals surface area contributed by atoms with E-state index in [2.05, 4.69) is 23.8 Å². The van der Waals surface area contributed by atoms with Gasteiger partial charge in [-0.15, -0.1) is 0 Å². The molecular weight excluding hydrogens is 260 g/mol. The van der Waals surface area contributed by atoms with Gasteiger partial charge in [0.15, 0.2) is 0 Å². The van der Waals surface area contributed by atoms with Crippen LogP contribution in [0, 0.1) is 0 Å². The van der Waals surface area contributed by atoms with E-state index < -0.39 is 5.60 Å². The van der Waals surface area contributed by atoms with E-state index in [1.165, 1.54) is 0 Å². The summed E-state index contributed by atoms with van der Waals surface area (Å²) in [6, 6.07) is 1.29. The Balaban J connectivity index is 2.26. The van der Waals surface area contributed by atoms with E-state index in [1.54, 1.807) is 0 Å². The first-order valence-electron chi connectivity index (χ1n) is 7.04. The monoisotopic (exact) mass is 288 g/mol. The second-order valence-corrected chi connectivity index (χ2v) is 7.29. The van der Waals surface area contributed by atoms with Crippen LogP contribution >= 0.6 is 11.8 Å². The van der Waals surface area contributed by atoms with Gasteiger partial charge in [0.1, 0.15) is 5.60 Å². The number of alkyl carbamates (subject to hydrolysis) is 1. The van der Waals surface area contributed by atoms with Crippen molar-refractivity contribution in [2.24, 2.45) is 0 Å². The predicted molar refractivity (Wildman–Crippen MR) is 81.8 cm³/mol. The van der Waals surface area contributed by atoms with Crippen molar-refractivity contribution < 1.29 is 9.53 Å². The Morgan fingerprint density at radius 3 is 2.58 bits per heavy atom. The fraction of sp³-hybridized carbons (Fsp3) is 0.929. The number of carbonyl (C=O) groups is 1. The van der Waals surface area contributed by atoms with Crippen LogP contribution in [0.25, 0.3) is 0 Å². The van der Waals surface area contributed by atoms with Gasteiger partial charge in [0.25, 0.3) is 0 Å². The van der Waals surface area contributed by atoms with E-state index >= 15 is 0 Å². The fourth-order valence-corrected chi connectivity index (χ4v) is 3.03. The van der Waals surface area contributed by atoms with Gasteiger partial charge in [0, 0.05) is 23.9 Å². The van der Waals surface area contributed by atoms with Crippen molar-refractivity contribution in [3.05, 3.63) is 0 Å². The van der Waals surface area contributed by atoms with Gasteiger partial charge in [-0.25, -0.2) is 4.79 Å². The van der Waals surface area contributed by atoms with Crippen LogP contribution in [0.3, 0.4) is 0 Å². The number of hydrogen-bond acceptors (Lipinski definition) is 4. The first-order valence-corrected chi connectivity index (χ1v) is 8.44. The van der Waals surface area contributed by atoms with Gasteiger partial charge in [0.2, 0.25) is 0 Å². The molecule has 3 unspecified atom stereocenters. The first-order chi connectivity index (χ1) is 8.80. The highest BCUT2D eigenvalue weighted by molar-refractivity contribution is 7.98. The lowest BCUT2D eigenvalue weighted by Crippen LogP contribution is -2.40. The Bertz CT molecular complexity index is 292. The molecular formula is C14H28N2O2S. The Morgan fingerprint density at radius 1 is 1.37 bits per heavy atom. The summed E-state index contributed by atoms with van der Waals surface area (Å²) >= 11 is 1.86. The maximum absolute atomic E-state index is 11.7. The third kappa shape index (κ3) is 7.06. The molecule has 0 heterocycles. The van der Waals surface area contributed by atoms with E-state index in [9.17, 15) is 4.79 Å². The van der Waals surface area contributed by atoms with Crippen molar-refractivity contribution in [2.45, 2.75) is 70.7 Å². The van der Waals surface area contributed by atoms with Crippen LogP contribution < -0.4 is 10.6 Å². The van der Waals surface area contributed by atoms with Crippen molar-refractivity contribution in [3.63, 3.8) is 0 Å². The minimum atomic E-state index is -0.423. The van der Waals surface area contributed by atoms with E-state index in [-0.39, 0.29) is 12.1 Å². The number of hydrogen-bond donors (Lipinski definition) is 2. The van der Waals surface area contributed by atoms with Gasteiger partial charge in [-0.1, -0.05) is 0 Å². The molecule has 5 heteroatoms. The van der Waals surface area contributed by atoms with Crippen LogP contribution in [-0.4, -0.2) is 41.8 Å². The molecule has 0 aromatic heterocycles. The minimum absolute atomic E-state index is 0.244. The van der Waals surface area contributed by atoms with Gasteiger partial charge < -0.3 is 15.4 Å². The van der Waals surface area contributed by atoms with E-state index in [1.807, 2.05) is 32.5 Å². The summed E-state index contributed by atoms with van der Waals surface area (Å²) in [6.45, 7) is 7.87. The molecule has 0 aliphatic heterocycles. The molecule has 1 aliphatic carbocycles. The Labute approximate surface area is 121 Å². The normalized spacial score (nSPS) is 25.1. The number of nitrogens with one attached hydrogen (secondary N) is 2. The van der Waals surface area contributed by atoms with Crippen LogP contribution in [0.15, 0.2) is 0 Å². The Kier molecular flexibility index (Phi) is 6.47. The molecule has 0 saturated heterocycles. The van der Waals surface area contributed by atoms with Crippen LogP contribution in [0.5, 0.6) is 0 Å². The van der Waals surface area contributed by atoms with Gasteiger partial charge in [-0.2, -0.15) is 11.8 Å². The number of thioether (sulfide) groups is 1. The molecule has 1 amide bonds. The summed E-state index contributed by atoms with van der Waals surface area (Å²) in [7, 11) is 0. The molecule has 1 saturated carbocycles. The molecule has 2 N–H and O–H groups in total. The average Bonchev–Trinajstić information content (AvgIpc) is 2.62. The Morgan fingerprint density at radius 2 is 2.00 bits per heavy atom. The third-order valence-electron chi connectivity index (χ3n) is 3.09. The summed E-state index contributed by atoms with van der Waals surface area (Å²) in [6.07, 6.45) is 4.98. The largest absolute Gasteiger partial charge is 0.444 e. The molecule has 4 nitrogen and oxygen atoms in total. The number of rotatable bonds is 5. The van der Waals surface area contributed by atoms with Crippen LogP contribution in [0.2, 0.25) is 0 Å². The van der Waals surface area contributed by atoms with Crippen molar-refractivity contribution in [1.29, 1.82) is 0 Å². The quantitative estimate of drug-likeness (QED) is 0.817. The maximum Gasteiger partial charge on any atom is 0.407 e. The summed E-state index contributed by atoms with van der Waals surface area (Å²) < 4.78 is 5.28. The molecule has 19 heavy (non-hydrogen) atoms. The highest BCUT2D eigenvalue weighted by atomic mass is 32.2. The number of carbonyl (C=O) groups excluding carboxylic acids is 1. The standard InChI is InChI=1S/C14H28N2O2S/c1-10(9-19-5)15-11-6-7-12(8-11)16-13(17)18-14(2,3)4/h10-12,15H,6-9H2,1-5H3,(H,16,17). The van der Waals surface area contributed by atoms with Crippen molar-refractivity contribution in [1.82, 2.24) is 10.6 Å². The number of amides is 1. The molecule has 1 aliphatic rings. The predicted octanol–water partition coefficient (Wildman–Crippen LogP) is 2.77. The van der Waals surface area contributed by atoms with E-state index in [4.69, 9.17) is 4.74 Å². The smallest absolute Gasteiger partial charge is 0.407 e. The van der Waals surface area contributed by atoms with E-state index in [0.29, 0.717) is 12.1 Å². The van der Waals surface area contributed by atoms with Crippen LogP contribution in [-0.2, 0) is 4.74 Å². The highest BCUT2D eigenvalue weighted by Gasteiger charge is 2.28. The number of ether oxygens (including phenoxy) is 1. The molecule has 0 spiro atoms. The summed E-state index contributed by atoms with van der Waals surface area (Å²) in [5.41, 5.74) is -0.423. The topological polar surface area (TPSA) is 50.4 Å². The zero-order valence-corrected chi connectivity index (χ0v) is 13.6. The fourth-order valence-electron chi connectivity index (χ4n) is 2.44. The lowest BCUT2D eigenvalue weighted by atomic mass is 10.2. The zero-order chi connectivity index (χ0) is 14.5. The zero-order valence-electron chi connectivity index (χ0n) is 12.8. The molecule has 1 rings (SSSR count). The molecule has 112 valence electrons.